The molecule has 1 aliphatic rings. The summed E-state index contributed by atoms with van der Waals surface area (Å²) in [6.07, 6.45) is 12.0. The van der Waals surface area contributed by atoms with Gasteiger partial charge in [-0.2, -0.15) is 0 Å². The summed E-state index contributed by atoms with van der Waals surface area (Å²) in [7, 11) is 0. The van der Waals surface area contributed by atoms with Crippen molar-refractivity contribution in [3.8, 4) is 11.5 Å². The monoisotopic (exact) mass is 751 g/mol. The molecule has 0 bridgehead atoms. The van der Waals surface area contributed by atoms with Crippen LogP contribution in [0, 0.1) is 11.8 Å². The van der Waals surface area contributed by atoms with Crippen LogP contribution in [0.4, 0.5) is 0 Å². The van der Waals surface area contributed by atoms with Crippen molar-refractivity contribution in [2.75, 3.05) is 0 Å². The SMILES string of the molecule is CC(=O)[O-].CC(=O)[O-].CC(C)CCc1cc(C=NC2CCC(N=Cc3cc(CCC(C)C)cc(C(C)(C)C)c3O)CC2)c(O)c(C(C)(C)C)c1.[Co+2]. The smallest absolute Gasteiger partial charge is 0.550 e. The summed E-state index contributed by atoms with van der Waals surface area (Å²) in [4.78, 5) is 27.7. The molecular weight excluding hydrogens is 687 g/mol. The van der Waals surface area contributed by atoms with Crippen LogP contribution in [0.1, 0.15) is 155 Å². The van der Waals surface area contributed by atoms with Crippen LogP contribution >= 0.6 is 0 Å². The van der Waals surface area contributed by atoms with Crippen molar-refractivity contribution in [1.29, 1.82) is 0 Å². The molecular formula is C42H64CoN2O6. The van der Waals surface area contributed by atoms with E-state index in [1.54, 1.807) is 0 Å². The van der Waals surface area contributed by atoms with E-state index in [1.165, 1.54) is 11.1 Å². The Morgan fingerprint density at radius 2 is 0.961 bits per heavy atom. The van der Waals surface area contributed by atoms with Gasteiger partial charge in [-0.15, -0.1) is 0 Å². The minimum absolute atomic E-state index is 0. The van der Waals surface area contributed by atoms with Crippen molar-refractivity contribution < 1.29 is 46.8 Å². The van der Waals surface area contributed by atoms with E-state index >= 15 is 0 Å². The molecule has 0 heterocycles. The third-order valence-corrected chi connectivity index (χ3v) is 8.55. The van der Waals surface area contributed by atoms with Gasteiger partial charge in [-0.3, -0.25) is 9.98 Å². The van der Waals surface area contributed by atoms with Gasteiger partial charge in [0.25, 0.3) is 0 Å². The summed E-state index contributed by atoms with van der Waals surface area (Å²) >= 11 is 0. The van der Waals surface area contributed by atoms with Crippen LogP contribution < -0.4 is 10.2 Å². The number of nitrogens with zero attached hydrogens (tertiary/aromatic N) is 2. The number of carbonyl (C=O) groups excluding carboxylic acids is 2. The predicted molar refractivity (Wildman–Crippen MR) is 203 cm³/mol. The minimum atomic E-state index is -1.08. The van der Waals surface area contributed by atoms with Crippen LogP contribution in [0.5, 0.6) is 11.5 Å². The second kappa shape index (κ2) is 22.0. The van der Waals surface area contributed by atoms with Gasteiger partial charge in [0.2, 0.25) is 0 Å². The van der Waals surface area contributed by atoms with Crippen molar-refractivity contribution in [1.82, 2.24) is 0 Å². The van der Waals surface area contributed by atoms with Gasteiger partial charge < -0.3 is 30.0 Å². The largest absolute Gasteiger partial charge is 2.00 e. The molecule has 0 aromatic heterocycles. The quantitative estimate of drug-likeness (QED) is 0.245. The molecule has 8 nitrogen and oxygen atoms in total. The fraction of sp³-hybridized carbons (Fsp3) is 0.619. The first-order valence-corrected chi connectivity index (χ1v) is 18.1. The Kier molecular flexibility index (Phi) is 20.7. The standard InChI is InChI=1S/C38H58N2O2.2C2H4O2.Co/c1-25(2)11-13-27-19-29(35(41)33(21-27)37(5,6)7)23-39-31-15-17-32(18-16-31)40-24-30-20-28(14-12-26(3)4)22-34(36(30)42)38(8,9)10;2*1-2(3)4;/h19-26,31-32,41-42H,11-18H2,1-10H3;2*1H3,(H,3,4);/q;;;+2/p-2. The molecule has 2 aromatic carbocycles. The zero-order valence-corrected chi connectivity index (χ0v) is 34.2. The van der Waals surface area contributed by atoms with Crippen LogP contribution in [0.2, 0.25) is 0 Å². The van der Waals surface area contributed by atoms with Gasteiger partial charge in [-0.25, -0.2) is 0 Å². The first kappa shape index (κ1) is 47.8. The number of phenolic OH excluding ortho intramolecular Hbond substituents is 2. The molecule has 1 aliphatic carbocycles. The van der Waals surface area contributed by atoms with Crippen molar-refractivity contribution in [3.05, 3.63) is 57.6 Å². The van der Waals surface area contributed by atoms with Gasteiger partial charge in [0.1, 0.15) is 11.5 Å². The minimum Gasteiger partial charge on any atom is -0.550 e. The average molecular weight is 752 g/mol. The number of phenols is 2. The summed E-state index contributed by atoms with van der Waals surface area (Å²) in [5.41, 5.74) is 5.95. The van der Waals surface area contributed by atoms with Gasteiger partial charge in [0, 0.05) is 46.6 Å². The first-order chi connectivity index (χ1) is 23.0. The second-order valence-electron chi connectivity index (χ2n) is 16.5. The van der Waals surface area contributed by atoms with E-state index in [0.717, 1.165) is 87.5 Å². The summed E-state index contributed by atoms with van der Waals surface area (Å²) in [6.45, 7) is 23.9. The molecule has 2 aromatic rings. The van der Waals surface area contributed by atoms with Crippen LogP contribution in [0.25, 0.3) is 0 Å². The topological polar surface area (TPSA) is 145 Å². The molecule has 9 heteroatoms. The molecule has 1 fully saturated rings. The third-order valence-electron chi connectivity index (χ3n) is 8.55. The molecule has 0 atom stereocenters. The van der Waals surface area contributed by atoms with Gasteiger partial charge in [0.15, 0.2) is 0 Å². The zero-order valence-electron chi connectivity index (χ0n) is 33.2. The molecule has 0 spiro atoms. The van der Waals surface area contributed by atoms with E-state index in [1.807, 2.05) is 12.4 Å². The van der Waals surface area contributed by atoms with E-state index in [2.05, 4.69) is 93.5 Å². The van der Waals surface area contributed by atoms with E-state index in [4.69, 9.17) is 29.8 Å². The molecule has 287 valence electrons. The fourth-order valence-electron chi connectivity index (χ4n) is 5.71. The number of carboxylic acids is 2. The first-order valence-electron chi connectivity index (χ1n) is 18.1. The van der Waals surface area contributed by atoms with Gasteiger partial charge in [0.05, 0.1) is 12.1 Å². The maximum atomic E-state index is 11.1. The van der Waals surface area contributed by atoms with Gasteiger partial charge in [-0.1, -0.05) is 81.4 Å². The van der Waals surface area contributed by atoms with Crippen LogP contribution in [0.3, 0.4) is 0 Å². The molecule has 0 aliphatic heterocycles. The Balaban J connectivity index is 0.00000251. The number of benzene rings is 2. The number of hydrogen-bond acceptors (Lipinski definition) is 8. The summed E-state index contributed by atoms with van der Waals surface area (Å²) in [5, 5.41) is 40.0. The van der Waals surface area contributed by atoms with Crippen molar-refractivity contribution in [3.63, 3.8) is 0 Å². The maximum Gasteiger partial charge on any atom is 2.00 e. The van der Waals surface area contributed by atoms with E-state index < -0.39 is 11.9 Å². The Morgan fingerprint density at radius 1 is 0.686 bits per heavy atom. The van der Waals surface area contributed by atoms with Crippen molar-refractivity contribution in [2.45, 2.75) is 157 Å². The molecule has 0 unspecified atom stereocenters. The van der Waals surface area contributed by atoms with Crippen LogP contribution in [-0.4, -0.2) is 46.7 Å². The number of aromatic hydroxyl groups is 2. The number of aliphatic imine (C=N–C) groups is 2. The maximum absolute atomic E-state index is 11.1. The van der Waals surface area contributed by atoms with Crippen molar-refractivity contribution >= 4 is 24.4 Å². The summed E-state index contributed by atoms with van der Waals surface area (Å²) in [5.74, 6) is -0.152. The van der Waals surface area contributed by atoms with Crippen molar-refractivity contribution in [2.24, 2.45) is 21.8 Å². The number of aryl methyl sites for hydroxylation is 2. The van der Waals surface area contributed by atoms with E-state index in [-0.39, 0.29) is 39.7 Å². The van der Waals surface area contributed by atoms with Crippen LogP contribution in [0.15, 0.2) is 34.3 Å². The molecule has 1 saturated carbocycles. The Hall–Kier alpha value is -3.17. The zero-order chi connectivity index (χ0) is 38.4. The Labute approximate surface area is 318 Å². The Morgan fingerprint density at radius 3 is 1.20 bits per heavy atom. The number of rotatable bonds is 10. The molecule has 3 rings (SSSR count). The molecule has 0 saturated heterocycles. The molecule has 1 radical (unpaired) electrons. The van der Waals surface area contributed by atoms with Gasteiger partial charge >= 0.3 is 16.8 Å². The van der Waals surface area contributed by atoms with E-state index in [0.29, 0.717) is 23.3 Å². The summed E-state index contributed by atoms with van der Waals surface area (Å²) in [6, 6.07) is 9.10. The normalized spacial score (nSPS) is 16.4. The number of aliphatic carboxylic acids is 2. The number of hydrogen-bond donors (Lipinski definition) is 2. The predicted octanol–water partition coefficient (Wildman–Crippen LogP) is 7.23. The second-order valence-corrected chi connectivity index (χ2v) is 16.5. The van der Waals surface area contributed by atoms with Crippen LogP contribution in [-0.2, 0) is 50.0 Å². The summed E-state index contributed by atoms with van der Waals surface area (Å²) < 4.78 is 0. The fourth-order valence-corrected chi connectivity index (χ4v) is 5.71. The Bertz CT molecular complexity index is 1330. The average Bonchev–Trinajstić information content (AvgIpc) is 2.97. The number of carbonyl (C=O) groups is 2. The molecule has 0 amide bonds. The van der Waals surface area contributed by atoms with E-state index in [9.17, 15) is 10.2 Å². The number of carboxylic acid groups (broad SMARTS) is 2. The molecule has 2 N–H and O–H groups in total. The third kappa shape index (κ3) is 18.8. The van der Waals surface area contributed by atoms with Gasteiger partial charge in [-0.05, 0) is 111 Å². The molecule has 51 heavy (non-hydrogen) atoms.